The van der Waals surface area contributed by atoms with Crippen LogP contribution in [-0.4, -0.2) is 29.0 Å². The zero-order valence-corrected chi connectivity index (χ0v) is 14.6. The molecule has 8 heteroatoms. The highest BCUT2D eigenvalue weighted by Crippen LogP contribution is 2.44. The average Bonchev–Trinajstić information content (AvgIpc) is 3.29. The summed E-state index contributed by atoms with van der Waals surface area (Å²) in [6.45, 7) is 0.175. The van der Waals surface area contributed by atoms with Crippen LogP contribution in [0.2, 0.25) is 0 Å². The van der Waals surface area contributed by atoms with E-state index in [9.17, 15) is 9.59 Å². The number of fused-ring (bicyclic) bond motifs is 4. The summed E-state index contributed by atoms with van der Waals surface area (Å²) in [4.78, 5) is 34.7. The van der Waals surface area contributed by atoms with Crippen molar-refractivity contribution >= 4 is 29.9 Å². The number of hydrogen-bond donors (Lipinski definition) is 3. The molecule has 1 radical (unpaired) electrons. The molecule has 0 saturated carbocycles. The fraction of sp³-hybridized carbons (Fsp3) is 0.100. The van der Waals surface area contributed by atoms with Gasteiger partial charge in [-0.25, -0.2) is 10.1 Å². The van der Waals surface area contributed by atoms with E-state index >= 15 is 0 Å². The topological polar surface area (TPSA) is 110 Å². The Hall–Kier alpha value is -3.94. The Morgan fingerprint density at radius 3 is 2.50 bits per heavy atom. The number of aromatic nitrogens is 2. The average molecular weight is 373 g/mol. The summed E-state index contributed by atoms with van der Waals surface area (Å²) in [7, 11) is 0. The van der Waals surface area contributed by atoms with Gasteiger partial charge in [0.05, 0.1) is 0 Å². The molecule has 2 heterocycles. The van der Waals surface area contributed by atoms with Crippen molar-refractivity contribution < 1.29 is 9.53 Å². The first-order valence-corrected chi connectivity index (χ1v) is 8.76. The molecule has 0 bridgehead atoms. The Bertz CT molecular complexity index is 1140. The lowest BCUT2D eigenvalue weighted by atomic mass is 9.98. The second kappa shape index (κ2) is 6.34. The standard InChI is InChI=1S/C20H15N5O3/c26-18-16-17(22-10-21-16)23-19(24-18)25-20(27)28-9-15-13-7-3-1-5-11(13)12-6-2-4-8-14(12)15/h1-8,10,15,21H,9H2,(H2,23,24,25,26,27)/q+1. The SMILES string of the molecule is O=C(Nc1nc2c(c(=O)[nH]1)NC=[N+]2)OCC1c2ccccc2-c2ccccc21. The normalized spacial score (nSPS) is 13.4. The Morgan fingerprint density at radius 1 is 1.11 bits per heavy atom. The second-order valence-corrected chi connectivity index (χ2v) is 6.47. The summed E-state index contributed by atoms with van der Waals surface area (Å²) in [5, 5.41) is 5.14. The van der Waals surface area contributed by atoms with Gasteiger partial charge in [-0.3, -0.25) is 15.1 Å². The van der Waals surface area contributed by atoms with Crippen molar-refractivity contribution in [2.45, 2.75) is 5.92 Å². The Morgan fingerprint density at radius 2 is 1.79 bits per heavy atom. The quantitative estimate of drug-likeness (QED) is 0.653. The lowest BCUT2D eigenvalue weighted by molar-refractivity contribution is 0.158. The summed E-state index contributed by atoms with van der Waals surface area (Å²) in [5.74, 6) is 0.165. The third kappa shape index (κ3) is 2.62. The maximum Gasteiger partial charge on any atom is 0.415 e. The molecule has 0 fully saturated rings. The molecule has 1 aliphatic carbocycles. The molecule has 1 aromatic heterocycles. The van der Waals surface area contributed by atoms with Gasteiger partial charge in [0, 0.05) is 5.92 Å². The van der Waals surface area contributed by atoms with Gasteiger partial charge in [-0.05, 0) is 22.3 Å². The number of carbonyl (C=O) groups excluding carboxylic acids is 1. The first-order valence-electron chi connectivity index (χ1n) is 8.76. The second-order valence-electron chi connectivity index (χ2n) is 6.47. The zero-order valence-electron chi connectivity index (χ0n) is 14.6. The highest BCUT2D eigenvalue weighted by Gasteiger charge is 2.29. The summed E-state index contributed by atoms with van der Waals surface area (Å²) >= 11 is 0. The number of aromatic amines is 1. The van der Waals surface area contributed by atoms with Crippen LogP contribution in [0.15, 0.2) is 53.3 Å². The van der Waals surface area contributed by atoms with Gasteiger partial charge in [0.2, 0.25) is 12.0 Å². The number of carbonyl (C=O) groups is 1. The number of amides is 1. The minimum atomic E-state index is -0.695. The van der Waals surface area contributed by atoms with E-state index < -0.39 is 11.7 Å². The smallest absolute Gasteiger partial charge is 0.415 e. The lowest BCUT2D eigenvalue weighted by Gasteiger charge is -2.14. The number of H-pyrrole nitrogens is 1. The van der Waals surface area contributed by atoms with Crippen molar-refractivity contribution in [2.24, 2.45) is 0 Å². The first-order chi connectivity index (χ1) is 13.7. The van der Waals surface area contributed by atoms with Crippen LogP contribution in [0.1, 0.15) is 17.0 Å². The number of nitrogens with zero attached hydrogens (tertiary/aromatic N) is 2. The van der Waals surface area contributed by atoms with Gasteiger partial charge in [-0.1, -0.05) is 58.5 Å². The summed E-state index contributed by atoms with van der Waals surface area (Å²) in [6, 6.07) is 16.2. The number of hydrogen-bond acceptors (Lipinski definition) is 6. The Labute approximate surface area is 159 Å². The number of ether oxygens (including phenoxy) is 1. The fourth-order valence-corrected chi connectivity index (χ4v) is 3.63. The molecule has 0 unspecified atom stereocenters. The molecular weight excluding hydrogens is 358 g/mol. The van der Waals surface area contributed by atoms with Crippen molar-refractivity contribution in [3.63, 3.8) is 0 Å². The van der Waals surface area contributed by atoms with Crippen LogP contribution in [0.5, 0.6) is 0 Å². The van der Waals surface area contributed by atoms with E-state index in [0.717, 1.165) is 22.3 Å². The van der Waals surface area contributed by atoms with E-state index in [2.05, 4.69) is 37.7 Å². The van der Waals surface area contributed by atoms with Crippen molar-refractivity contribution in [1.82, 2.24) is 15.0 Å². The Balaban J connectivity index is 1.33. The van der Waals surface area contributed by atoms with E-state index in [-0.39, 0.29) is 30.0 Å². The molecule has 28 heavy (non-hydrogen) atoms. The zero-order chi connectivity index (χ0) is 19.1. The summed E-state index contributed by atoms with van der Waals surface area (Å²) in [5.41, 5.74) is 4.39. The third-order valence-corrected chi connectivity index (χ3v) is 4.86. The molecule has 5 rings (SSSR count). The minimum Gasteiger partial charge on any atom is -0.448 e. The van der Waals surface area contributed by atoms with E-state index in [1.165, 1.54) is 6.34 Å². The van der Waals surface area contributed by atoms with Crippen molar-refractivity contribution in [3.05, 3.63) is 70.0 Å². The molecule has 0 saturated heterocycles. The van der Waals surface area contributed by atoms with Gasteiger partial charge in [-0.2, -0.15) is 0 Å². The highest BCUT2D eigenvalue weighted by atomic mass is 16.5. The molecule has 0 atom stereocenters. The number of nitrogens with one attached hydrogen (secondary N) is 3. The Kier molecular flexibility index (Phi) is 3.68. The third-order valence-electron chi connectivity index (χ3n) is 4.86. The van der Waals surface area contributed by atoms with Crippen LogP contribution >= 0.6 is 0 Å². The van der Waals surface area contributed by atoms with Crippen molar-refractivity contribution in [3.8, 4) is 11.1 Å². The van der Waals surface area contributed by atoms with Crippen LogP contribution < -0.4 is 21.2 Å². The molecule has 3 N–H and O–H groups in total. The highest BCUT2D eigenvalue weighted by molar-refractivity contribution is 5.88. The molecule has 3 aromatic rings. The number of rotatable bonds is 3. The van der Waals surface area contributed by atoms with Crippen LogP contribution in [0, 0.1) is 0 Å². The molecule has 2 aromatic carbocycles. The number of aliphatic imine (C=N–C) groups is 1. The molecule has 1 aliphatic heterocycles. The van der Waals surface area contributed by atoms with Crippen LogP contribution in [0.25, 0.3) is 11.1 Å². The molecule has 1 amide bonds. The lowest BCUT2D eigenvalue weighted by Crippen LogP contribution is -2.22. The monoisotopic (exact) mass is 373 g/mol. The predicted octanol–water partition coefficient (Wildman–Crippen LogP) is 2.55. The van der Waals surface area contributed by atoms with Gasteiger partial charge >= 0.3 is 11.9 Å². The van der Waals surface area contributed by atoms with Gasteiger partial charge in [-0.15, -0.1) is 0 Å². The van der Waals surface area contributed by atoms with Gasteiger partial charge in [0.25, 0.3) is 11.5 Å². The number of anilines is 2. The summed E-state index contributed by atoms with van der Waals surface area (Å²) < 4.78 is 5.44. The van der Waals surface area contributed by atoms with E-state index in [1.54, 1.807) is 0 Å². The maximum atomic E-state index is 12.3. The minimum absolute atomic E-state index is 0.0122. The molecule has 0 spiro atoms. The maximum absolute atomic E-state index is 12.3. The first kappa shape index (κ1) is 16.2. The predicted molar refractivity (Wildman–Crippen MR) is 105 cm³/mol. The van der Waals surface area contributed by atoms with E-state index in [0.29, 0.717) is 0 Å². The molecule has 8 nitrogen and oxygen atoms in total. The van der Waals surface area contributed by atoms with Crippen LogP contribution in [0.3, 0.4) is 0 Å². The van der Waals surface area contributed by atoms with Gasteiger partial charge in [0.15, 0.2) is 0 Å². The van der Waals surface area contributed by atoms with Gasteiger partial charge < -0.3 is 4.74 Å². The van der Waals surface area contributed by atoms with Crippen molar-refractivity contribution in [2.75, 3.05) is 17.2 Å². The molecular formula is C20H15N5O3+. The van der Waals surface area contributed by atoms with E-state index in [4.69, 9.17) is 4.74 Å². The summed E-state index contributed by atoms with van der Waals surface area (Å²) in [6.07, 6.45) is 0.671. The number of benzene rings is 2. The fourth-order valence-electron chi connectivity index (χ4n) is 3.63. The van der Waals surface area contributed by atoms with Crippen LogP contribution in [-0.2, 0) is 4.74 Å². The molecule has 2 aliphatic rings. The van der Waals surface area contributed by atoms with Crippen LogP contribution in [0.4, 0.5) is 22.2 Å². The van der Waals surface area contributed by atoms with Gasteiger partial charge in [0.1, 0.15) is 6.61 Å². The molecule has 137 valence electrons. The largest absolute Gasteiger partial charge is 0.448 e. The van der Waals surface area contributed by atoms with E-state index in [1.807, 2.05) is 36.4 Å². The van der Waals surface area contributed by atoms with Crippen molar-refractivity contribution in [1.29, 1.82) is 0 Å².